The second kappa shape index (κ2) is 4.26. The quantitative estimate of drug-likeness (QED) is 0.806. The summed E-state index contributed by atoms with van der Waals surface area (Å²) in [5.41, 5.74) is 2.54. The molecule has 0 spiro atoms. The molecule has 0 radical (unpaired) electrons. The van der Waals surface area contributed by atoms with Gasteiger partial charge < -0.3 is 5.32 Å². The fourth-order valence-electron chi connectivity index (χ4n) is 2.50. The Morgan fingerprint density at radius 2 is 2.31 bits per heavy atom. The first kappa shape index (κ1) is 9.85. The number of aromatic amines is 1. The van der Waals surface area contributed by atoms with Crippen LogP contribution in [0.15, 0.2) is 24.4 Å². The summed E-state index contributed by atoms with van der Waals surface area (Å²) in [4.78, 5) is 0. The highest BCUT2D eigenvalue weighted by Crippen LogP contribution is 2.17. The SMILES string of the molecule is c1cc2[nH]ncc2cc1CC1CCCCN1. The fourth-order valence-corrected chi connectivity index (χ4v) is 2.50. The Morgan fingerprint density at radius 1 is 1.31 bits per heavy atom. The van der Waals surface area contributed by atoms with Gasteiger partial charge in [0.25, 0.3) is 0 Å². The zero-order valence-electron chi connectivity index (χ0n) is 9.37. The Morgan fingerprint density at radius 3 is 3.19 bits per heavy atom. The van der Waals surface area contributed by atoms with E-state index in [1.807, 2.05) is 6.20 Å². The largest absolute Gasteiger partial charge is 0.314 e. The topological polar surface area (TPSA) is 40.7 Å². The first-order chi connectivity index (χ1) is 7.92. The van der Waals surface area contributed by atoms with Crippen molar-refractivity contribution < 1.29 is 0 Å². The van der Waals surface area contributed by atoms with E-state index >= 15 is 0 Å². The Kier molecular flexibility index (Phi) is 2.62. The van der Waals surface area contributed by atoms with Crippen LogP contribution in [0.25, 0.3) is 10.9 Å². The molecular formula is C13H17N3. The molecular weight excluding hydrogens is 198 g/mol. The van der Waals surface area contributed by atoms with Gasteiger partial charge in [-0.3, -0.25) is 5.10 Å². The van der Waals surface area contributed by atoms with Crippen molar-refractivity contribution >= 4 is 10.9 Å². The van der Waals surface area contributed by atoms with E-state index < -0.39 is 0 Å². The molecule has 2 N–H and O–H groups in total. The average molecular weight is 215 g/mol. The highest BCUT2D eigenvalue weighted by atomic mass is 15.1. The molecule has 1 atom stereocenters. The van der Waals surface area contributed by atoms with E-state index in [9.17, 15) is 0 Å². The molecule has 3 heteroatoms. The number of nitrogens with one attached hydrogen (secondary N) is 2. The fraction of sp³-hybridized carbons (Fsp3) is 0.462. The monoisotopic (exact) mass is 215 g/mol. The van der Waals surface area contributed by atoms with Crippen LogP contribution >= 0.6 is 0 Å². The van der Waals surface area contributed by atoms with Crippen molar-refractivity contribution in [3.8, 4) is 0 Å². The summed E-state index contributed by atoms with van der Waals surface area (Å²) in [7, 11) is 0. The molecule has 0 aliphatic carbocycles. The zero-order chi connectivity index (χ0) is 10.8. The molecule has 1 saturated heterocycles. The summed E-state index contributed by atoms with van der Waals surface area (Å²) < 4.78 is 0. The molecule has 3 nitrogen and oxygen atoms in total. The number of benzene rings is 1. The maximum Gasteiger partial charge on any atom is 0.0650 e. The summed E-state index contributed by atoms with van der Waals surface area (Å²) in [5.74, 6) is 0. The van der Waals surface area contributed by atoms with Crippen molar-refractivity contribution in [2.75, 3.05) is 6.54 Å². The van der Waals surface area contributed by atoms with E-state index in [1.165, 1.54) is 36.8 Å². The van der Waals surface area contributed by atoms with Crippen molar-refractivity contribution in [2.45, 2.75) is 31.7 Å². The number of rotatable bonds is 2. The van der Waals surface area contributed by atoms with Gasteiger partial charge in [-0.25, -0.2) is 0 Å². The van der Waals surface area contributed by atoms with E-state index in [-0.39, 0.29) is 0 Å². The Bertz CT molecular complexity index is 469. The molecule has 0 amide bonds. The van der Waals surface area contributed by atoms with Crippen molar-refractivity contribution in [1.29, 1.82) is 0 Å². The molecule has 1 aliphatic heterocycles. The summed E-state index contributed by atoms with van der Waals surface area (Å²) in [6.45, 7) is 1.18. The van der Waals surface area contributed by atoms with Gasteiger partial charge in [0.15, 0.2) is 0 Å². The molecule has 2 aromatic rings. The predicted molar refractivity (Wildman–Crippen MR) is 65.4 cm³/mol. The van der Waals surface area contributed by atoms with Gasteiger partial charge in [0.1, 0.15) is 0 Å². The number of H-pyrrole nitrogens is 1. The Labute approximate surface area is 95.2 Å². The van der Waals surface area contributed by atoms with Gasteiger partial charge in [-0.15, -0.1) is 0 Å². The van der Waals surface area contributed by atoms with Gasteiger partial charge >= 0.3 is 0 Å². The van der Waals surface area contributed by atoms with E-state index in [4.69, 9.17) is 0 Å². The van der Waals surface area contributed by atoms with Crippen LogP contribution in [0, 0.1) is 0 Å². The maximum absolute atomic E-state index is 4.05. The van der Waals surface area contributed by atoms with Crippen LogP contribution in [-0.4, -0.2) is 22.8 Å². The standard InChI is InChI=1S/C13H17N3/c1-2-6-14-12(3-1)8-10-4-5-13-11(7-10)9-15-16-13/h4-5,7,9,12,14H,1-3,6,8H2,(H,15,16). The van der Waals surface area contributed by atoms with Crippen LogP contribution in [0.2, 0.25) is 0 Å². The van der Waals surface area contributed by atoms with E-state index in [1.54, 1.807) is 0 Å². The van der Waals surface area contributed by atoms with Crippen molar-refractivity contribution in [3.05, 3.63) is 30.0 Å². The van der Waals surface area contributed by atoms with Crippen LogP contribution in [0.4, 0.5) is 0 Å². The number of nitrogens with zero attached hydrogens (tertiary/aromatic N) is 1. The first-order valence-corrected chi connectivity index (χ1v) is 6.07. The molecule has 0 bridgehead atoms. The van der Waals surface area contributed by atoms with E-state index in [0.717, 1.165) is 11.9 Å². The molecule has 2 heterocycles. The highest BCUT2D eigenvalue weighted by Gasteiger charge is 2.12. The molecule has 3 rings (SSSR count). The van der Waals surface area contributed by atoms with Crippen LogP contribution in [0.5, 0.6) is 0 Å². The summed E-state index contributed by atoms with van der Waals surface area (Å²) in [5, 5.41) is 11.8. The van der Waals surface area contributed by atoms with Crippen molar-refractivity contribution in [2.24, 2.45) is 0 Å². The zero-order valence-corrected chi connectivity index (χ0v) is 9.37. The van der Waals surface area contributed by atoms with Crippen LogP contribution in [0.1, 0.15) is 24.8 Å². The molecule has 0 saturated carbocycles. The van der Waals surface area contributed by atoms with Gasteiger partial charge in [0, 0.05) is 11.4 Å². The van der Waals surface area contributed by atoms with Gasteiger partial charge in [-0.2, -0.15) is 5.10 Å². The maximum atomic E-state index is 4.05. The van der Waals surface area contributed by atoms with E-state index in [2.05, 4.69) is 33.7 Å². The van der Waals surface area contributed by atoms with Gasteiger partial charge in [0.2, 0.25) is 0 Å². The summed E-state index contributed by atoms with van der Waals surface area (Å²) >= 11 is 0. The lowest BCUT2D eigenvalue weighted by Gasteiger charge is -2.23. The molecule has 1 unspecified atom stereocenters. The highest BCUT2D eigenvalue weighted by molar-refractivity contribution is 5.78. The minimum absolute atomic E-state index is 0.665. The number of fused-ring (bicyclic) bond motifs is 1. The van der Waals surface area contributed by atoms with Gasteiger partial charge in [0.05, 0.1) is 11.7 Å². The lowest BCUT2D eigenvalue weighted by molar-refractivity contribution is 0.399. The molecule has 16 heavy (non-hydrogen) atoms. The normalized spacial score (nSPS) is 21.4. The Balaban J connectivity index is 1.77. The second-order valence-corrected chi connectivity index (χ2v) is 4.64. The van der Waals surface area contributed by atoms with E-state index in [0.29, 0.717) is 6.04 Å². The second-order valence-electron chi connectivity index (χ2n) is 4.64. The number of aromatic nitrogens is 2. The summed E-state index contributed by atoms with van der Waals surface area (Å²) in [6, 6.07) is 7.24. The Hall–Kier alpha value is -1.35. The van der Waals surface area contributed by atoms with Crippen LogP contribution in [-0.2, 0) is 6.42 Å². The number of piperidine rings is 1. The van der Waals surface area contributed by atoms with Crippen LogP contribution < -0.4 is 5.32 Å². The third-order valence-corrected chi connectivity index (χ3v) is 3.40. The minimum atomic E-state index is 0.665. The lowest BCUT2D eigenvalue weighted by atomic mass is 9.97. The van der Waals surface area contributed by atoms with Gasteiger partial charge in [-0.05, 0) is 43.5 Å². The molecule has 1 aliphatic rings. The number of hydrogen-bond donors (Lipinski definition) is 2. The lowest BCUT2D eigenvalue weighted by Crippen LogP contribution is -2.35. The molecule has 1 fully saturated rings. The van der Waals surface area contributed by atoms with Crippen molar-refractivity contribution in [1.82, 2.24) is 15.5 Å². The van der Waals surface area contributed by atoms with Crippen LogP contribution in [0.3, 0.4) is 0 Å². The summed E-state index contributed by atoms with van der Waals surface area (Å²) in [6.07, 6.45) is 7.04. The van der Waals surface area contributed by atoms with Crippen molar-refractivity contribution in [3.63, 3.8) is 0 Å². The number of hydrogen-bond acceptors (Lipinski definition) is 2. The predicted octanol–water partition coefficient (Wildman–Crippen LogP) is 2.25. The van der Waals surface area contributed by atoms with Gasteiger partial charge in [-0.1, -0.05) is 12.5 Å². The molecule has 84 valence electrons. The third kappa shape index (κ3) is 1.95. The third-order valence-electron chi connectivity index (χ3n) is 3.40. The minimum Gasteiger partial charge on any atom is -0.314 e. The average Bonchev–Trinajstić information content (AvgIpc) is 2.77. The molecule has 1 aromatic heterocycles. The molecule has 1 aromatic carbocycles. The first-order valence-electron chi connectivity index (χ1n) is 6.07. The smallest absolute Gasteiger partial charge is 0.0650 e.